The second-order valence-corrected chi connectivity index (χ2v) is 9.10. The van der Waals surface area contributed by atoms with E-state index >= 15 is 0 Å². The summed E-state index contributed by atoms with van der Waals surface area (Å²) in [6.07, 6.45) is 2.46. The van der Waals surface area contributed by atoms with E-state index in [0.717, 1.165) is 20.8 Å². The average Bonchev–Trinajstić information content (AvgIpc) is 3.22. The van der Waals surface area contributed by atoms with E-state index in [-0.39, 0.29) is 28.4 Å². The highest BCUT2D eigenvalue weighted by Crippen LogP contribution is 2.29. The zero-order valence-corrected chi connectivity index (χ0v) is 16.9. The Morgan fingerprint density at radius 1 is 1.21 bits per heavy atom. The van der Waals surface area contributed by atoms with Crippen LogP contribution in [0.15, 0.2) is 48.7 Å². The molecule has 0 radical (unpaired) electrons. The molecule has 0 unspecified atom stereocenters. The zero-order chi connectivity index (χ0) is 20.6. The van der Waals surface area contributed by atoms with Crippen LogP contribution in [0, 0.1) is 0 Å². The smallest absolute Gasteiger partial charge is 0.252 e. The minimum Gasteiger partial charge on any atom is -0.361 e. The molecule has 0 atom stereocenters. The molecule has 9 heteroatoms. The van der Waals surface area contributed by atoms with Crippen molar-refractivity contribution in [1.82, 2.24) is 10.3 Å². The monoisotopic (exact) mass is 431 g/mol. The van der Waals surface area contributed by atoms with Gasteiger partial charge in [-0.05, 0) is 36.2 Å². The Balaban J connectivity index is 1.49. The number of fused-ring (bicyclic) bond motifs is 1. The van der Waals surface area contributed by atoms with Gasteiger partial charge in [0.25, 0.3) is 5.91 Å². The number of carbonyl (C=O) groups is 2. The first-order valence-corrected chi connectivity index (χ1v) is 11.0. The Morgan fingerprint density at radius 3 is 2.76 bits per heavy atom. The highest BCUT2D eigenvalue weighted by atomic mass is 35.5. The summed E-state index contributed by atoms with van der Waals surface area (Å²) in [6, 6.07) is 12.1. The van der Waals surface area contributed by atoms with Crippen molar-refractivity contribution in [2.45, 2.75) is 12.8 Å². The molecular weight excluding hydrogens is 414 g/mol. The number of sulfonamides is 1. The zero-order valence-electron chi connectivity index (χ0n) is 15.3. The van der Waals surface area contributed by atoms with Crippen LogP contribution in [0.2, 0.25) is 5.02 Å². The van der Waals surface area contributed by atoms with Crippen LogP contribution in [0.3, 0.4) is 0 Å². The summed E-state index contributed by atoms with van der Waals surface area (Å²) in [5.74, 6) is -1.18. The van der Waals surface area contributed by atoms with Crippen molar-refractivity contribution in [1.29, 1.82) is 0 Å². The van der Waals surface area contributed by atoms with Crippen LogP contribution in [0.1, 0.15) is 22.3 Å². The van der Waals surface area contributed by atoms with Crippen molar-refractivity contribution >= 4 is 50.0 Å². The molecule has 29 heavy (non-hydrogen) atoms. The Morgan fingerprint density at radius 2 is 2.00 bits per heavy atom. The largest absolute Gasteiger partial charge is 0.361 e. The van der Waals surface area contributed by atoms with E-state index in [4.69, 9.17) is 11.6 Å². The third kappa shape index (κ3) is 3.73. The van der Waals surface area contributed by atoms with Crippen molar-refractivity contribution in [3.8, 4) is 0 Å². The SMILES string of the molecule is O=C(NCCc1c[nH]c2ccccc12)c1cc(N2C(=O)CCS2(=O)=O)ccc1Cl. The Labute approximate surface area is 172 Å². The second kappa shape index (κ2) is 7.53. The number of carbonyl (C=O) groups excluding carboxylic acids is 2. The fourth-order valence-electron chi connectivity index (χ4n) is 3.43. The number of rotatable bonds is 5. The van der Waals surface area contributed by atoms with Crippen LogP contribution in [0.5, 0.6) is 0 Å². The number of aromatic nitrogens is 1. The summed E-state index contributed by atoms with van der Waals surface area (Å²) in [4.78, 5) is 27.8. The Bertz CT molecular complexity index is 1220. The molecule has 2 N–H and O–H groups in total. The summed E-state index contributed by atoms with van der Waals surface area (Å²) in [5, 5.41) is 4.08. The number of amides is 2. The van der Waals surface area contributed by atoms with Crippen molar-refractivity contribution < 1.29 is 18.0 Å². The highest BCUT2D eigenvalue weighted by molar-refractivity contribution is 7.94. The lowest BCUT2D eigenvalue weighted by molar-refractivity contribution is -0.116. The first kappa shape index (κ1) is 19.5. The van der Waals surface area contributed by atoms with Crippen molar-refractivity contribution in [2.75, 3.05) is 16.6 Å². The van der Waals surface area contributed by atoms with Crippen LogP contribution in [-0.2, 0) is 21.2 Å². The first-order valence-electron chi connectivity index (χ1n) is 9.05. The number of hydrogen-bond acceptors (Lipinski definition) is 4. The maximum absolute atomic E-state index is 12.6. The number of halogens is 1. The molecule has 3 aromatic rings. The van der Waals surface area contributed by atoms with Crippen LogP contribution in [0.4, 0.5) is 5.69 Å². The number of H-pyrrole nitrogens is 1. The van der Waals surface area contributed by atoms with E-state index in [2.05, 4.69) is 10.3 Å². The van der Waals surface area contributed by atoms with Gasteiger partial charge in [-0.2, -0.15) is 0 Å². The molecule has 7 nitrogen and oxygen atoms in total. The van der Waals surface area contributed by atoms with Gasteiger partial charge in [0.15, 0.2) is 0 Å². The van der Waals surface area contributed by atoms with Crippen LogP contribution < -0.4 is 9.62 Å². The number of aromatic amines is 1. The molecular formula is C20H18ClN3O4S. The molecule has 1 aliphatic heterocycles. The molecule has 1 aromatic heterocycles. The lowest BCUT2D eigenvalue weighted by Gasteiger charge is -2.16. The predicted molar refractivity (Wildman–Crippen MR) is 112 cm³/mol. The van der Waals surface area contributed by atoms with E-state index < -0.39 is 21.8 Å². The van der Waals surface area contributed by atoms with E-state index in [9.17, 15) is 18.0 Å². The average molecular weight is 432 g/mol. The summed E-state index contributed by atoms with van der Waals surface area (Å²) < 4.78 is 25.0. The predicted octanol–water partition coefficient (Wildman–Crippen LogP) is 2.86. The van der Waals surface area contributed by atoms with Gasteiger partial charge < -0.3 is 10.3 Å². The number of anilines is 1. The Kier molecular flexibility index (Phi) is 5.06. The number of nitrogens with zero attached hydrogens (tertiary/aromatic N) is 1. The standard InChI is InChI=1S/C20H18ClN3O4S/c21-17-6-5-14(24-19(25)8-10-29(24,27)28)11-16(17)20(26)22-9-7-13-12-23-18-4-2-1-3-15(13)18/h1-6,11-12,23H,7-10H2,(H,22,26). The molecule has 1 aliphatic rings. The summed E-state index contributed by atoms with van der Waals surface area (Å²) >= 11 is 6.14. The summed E-state index contributed by atoms with van der Waals surface area (Å²) in [6.45, 7) is 0.377. The fourth-order valence-corrected chi connectivity index (χ4v) is 5.08. The maximum atomic E-state index is 12.6. The van der Waals surface area contributed by atoms with Gasteiger partial charge in [-0.1, -0.05) is 29.8 Å². The molecule has 0 aliphatic carbocycles. The third-order valence-corrected chi connectivity index (χ3v) is 6.88. The minimum atomic E-state index is -3.71. The van der Waals surface area contributed by atoms with E-state index in [1.165, 1.54) is 18.2 Å². The van der Waals surface area contributed by atoms with Crippen molar-refractivity contribution in [2.24, 2.45) is 0 Å². The van der Waals surface area contributed by atoms with E-state index in [1.807, 2.05) is 30.5 Å². The molecule has 1 fully saturated rings. The van der Waals surface area contributed by atoms with Crippen LogP contribution in [-0.4, -0.2) is 37.5 Å². The lowest BCUT2D eigenvalue weighted by Crippen LogP contribution is -2.30. The molecule has 1 saturated heterocycles. The van der Waals surface area contributed by atoms with Crippen LogP contribution in [0.25, 0.3) is 10.9 Å². The molecule has 0 saturated carbocycles. The topological polar surface area (TPSA) is 99.3 Å². The summed E-state index contributed by atoms with van der Waals surface area (Å²) in [5.41, 5.74) is 2.35. The van der Waals surface area contributed by atoms with Gasteiger partial charge in [0.1, 0.15) is 0 Å². The number of para-hydroxylation sites is 1. The number of benzene rings is 2. The summed E-state index contributed by atoms with van der Waals surface area (Å²) in [7, 11) is -3.71. The maximum Gasteiger partial charge on any atom is 0.252 e. The van der Waals surface area contributed by atoms with Crippen LogP contribution >= 0.6 is 11.6 Å². The van der Waals surface area contributed by atoms with Gasteiger partial charge in [0.05, 0.1) is 22.0 Å². The molecule has 2 amide bonds. The van der Waals surface area contributed by atoms with Crippen molar-refractivity contribution in [3.63, 3.8) is 0 Å². The Hall–Kier alpha value is -2.84. The molecule has 2 heterocycles. The normalized spacial score (nSPS) is 15.8. The molecule has 4 rings (SSSR count). The molecule has 0 bridgehead atoms. The van der Waals surface area contributed by atoms with E-state index in [0.29, 0.717) is 13.0 Å². The van der Waals surface area contributed by atoms with Gasteiger partial charge in [0, 0.05) is 30.1 Å². The highest BCUT2D eigenvalue weighted by Gasteiger charge is 2.36. The molecule has 2 aromatic carbocycles. The van der Waals surface area contributed by atoms with Gasteiger partial charge in [-0.15, -0.1) is 0 Å². The third-order valence-electron chi connectivity index (χ3n) is 4.86. The second-order valence-electron chi connectivity index (χ2n) is 6.75. The minimum absolute atomic E-state index is 0.0723. The first-order chi connectivity index (χ1) is 13.9. The van der Waals surface area contributed by atoms with Gasteiger partial charge in [0.2, 0.25) is 15.9 Å². The molecule has 150 valence electrons. The van der Waals surface area contributed by atoms with Gasteiger partial charge in [-0.3, -0.25) is 9.59 Å². The van der Waals surface area contributed by atoms with Crippen molar-refractivity contribution in [3.05, 3.63) is 64.8 Å². The number of hydrogen-bond donors (Lipinski definition) is 2. The fraction of sp³-hybridized carbons (Fsp3) is 0.200. The van der Waals surface area contributed by atoms with Gasteiger partial charge >= 0.3 is 0 Å². The van der Waals surface area contributed by atoms with Gasteiger partial charge in [-0.25, -0.2) is 12.7 Å². The quantitative estimate of drug-likeness (QED) is 0.648. The lowest BCUT2D eigenvalue weighted by atomic mass is 10.1. The molecule has 0 spiro atoms. The number of nitrogens with one attached hydrogen (secondary N) is 2. The van der Waals surface area contributed by atoms with E-state index in [1.54, 1.807) is 0 Å².